The maximum Gasteiger partial charge on any atom is 0.247 e. The molecule has 4 rings (SSSR count). The number of phenols is 1. The fourth-order valence-corrected chi connectivity index (χ4v) is 5.98. The van der Waals surface area contributed by atoms with Gasteiger partial charge in [-0.15, -0.1) is 0 Å². The average molecular weight is 605 g/mol. The van der Waals surface area contributed by atoms with Crippen LogP contribution in [0.15, 0.2) is 88.9 Å². The fourth-order valence-electron chi connectivity index (χ4n) is 3.82. The molecule has 0 radical (unpaired) electrons. The van der Waals surface area contributed by atoms with Gasteiger partial charge in [-0.3, -0.25) is 0 Å². The van der Waals surface area contributed by atoms with E-state index in [1.165, 1.54) is 54.6 Å². The molecule has 0 spiro atoms. The minimum Gasteiger partial charge on any atom is -0.505 e. The maximum atomic E-state index is 13.8. The van der Waals surface area contributed by atoms with E-state index in [0.717, 1.165) is 10.4 Å². The number of phenolic OH excluding ortho intramolecular Hbond substituents is 1. The Bertz CT molecular complexity index is 1680. The van der Waals surface area contributed by atoms with E-state index in [9.17, 15) is 22.3 Å². The van der Waals surface area contributed by atoms with Crippen LogP contribution in [-0.2, 0) is 29.7 Å². The van der Waals surface area contributed by atoms with Crippen LogP contribution in [0.5, 0.6) is 17.2 Å². The third-order valence-electron chi connectivity index (χ3n) is 5.63. The second kappa shape index (κ2) is 12.5. The topological polar surface area (TPSA) is 116 Å². The molecule has 0 amide bonds. The molecule has 0 aliphatic heterocycles. The summed E-state index contributed by atoms with van der Waals surface area (Å²) in [6.45, 7) is -0.506. The van der Waals surface area contributed by atoms with Crippen LogP contribution in [0.4, 0.5) is 8.78 Å². The molecule has 40 heavy (non-hydrogen) atoms. The van der Waals surface area contributed by atoms with Crippen molar-refractivity contribution in [2.75, 3.05) is 0 Å². The van der Waals surface area contributed by atoms with Crippen molar-refractivity contribution in [2.45, 2.75) is 24.5 Å². The highest BCUT2D eigenvalue weighted by molar-refractivity contribution is 7.89. The van der Waals surface area contributed by atoms with Gasteiger partial charge in [-0.25, -0.2) is 17.2 Å². The Morgan fingerprint density at radius 1 is 0.850 bits per heavy atom. The molecular formula is C27H20Cl2F2N4O4S. The summed E-state index contributed by atoms with van der Waals surface area (Å²) in [5.74, 6) is -1.02. The van der Waals surface area contributed by atoms with E-state index in [1.807, 2.05) is 0 Å². The number of hydrogen-bond donors (Lipinski definition) is 1. The minimum atomic E-state index is -4.43. The first kappa shape index (κ1) is 29.1. The van der Waals surface area contributed by atoms with Crippen molar-refractivity contribution in [3.05, 3.63) is 128 Å². The smallest absolute Gasteiger partial charge is 0.247 e. The van der Waals surface area contributed by atoms with E-state index in [4.69, 9.17) is 33.5 Å². The van der Waals surface area contributed by atoms with Crippen LogP contribution in [-0.4, -0.2) is 17.8 Å². The van der Waals surface area contributed by atoms with Gasteiger partial charge in [0, 0.05) is 23.0 Å². The lowest BCUT2D eigenvalue weighted by Gasteiger charge is -2.24. The molecule has 1 N–H and O–H groups in total. The van der Waals surface area contributed by atoms with Crippen LogP contribution >= 0.6 is 23.2 Å². The van der Waals surface area contributed by atoms with Crippen LogP contribution in [0.1, 0.15) is 16.7 Å². The molecule has 206 valence electrons. The maximum absolute atomic E-state index is 13.8. The number of sulfonamides is 1. The number of hydrogen-bond acceptors (Lipinski definition) is 5. The van der Waals surface area contributed by atoms with E-state index >= 15 is 0 Å². The van der Waals surface area contributed by atoms with Gasteiger partial charge in [-0.05, 0) is 82.9 Å². The lowest BCUT2D eigenvalue weighted by molar-refractivity contribution is 0.393. The zero-order valence-corrected chi connectivity index (χ0v) is 22.8. The SMILES string of the molecule is [N-]=[N+]=NCc1cc(CN(Cc2ccc(F)cc2)S(=O)(=O)c2cc(Cl)cc(Cl)c2O)cc(Oc2ccc(F)cc2)c1. The third-order valence-corrected chi connectivity index (χ3v) is 7.95. The Hall–Kier alpha value is -3.86. The normalized spacial score (nSPS) is 11.3. The molecule has 0 aromatic heterocycles. The molecule has 0 atom stereocenters. The number of rotatable bonds is 10. The summed E-state index contributed by atoms with van der Waals surface area (Å²) in [6.07, 6.45) is 0. The largest absolute Gasteiger partial charge is 0.505 e. The van der Waals surface area contributed by atoms with Gasteiger partial charge in [0.15, 0.2) is 5.75 Å². The van der Waals surface area contributed by atoms with Gasteiger partial charge in [0.1, 0.15) is 28.0 Å². The summed E-state index contributed by atoms with van der Waals surface area (Å²) in [5.41, 5.74) is 10.2. The minimum absolute atomic E-state index is 0.00514. The van der Waals surface area contributed by atoms with Crippen LogP contribution in [0.3, 0.4) is 0 Å². The zero-order valence-electron chi connectivity index (χ0n) is 20.5. The number of aromatic hydroxyl groups is 1. The van der Waals surface area contributed by atoms with Gasteiger partial charge >= 0.3 is 0 Å². The first-order valence-electron chi connectivity index (χ1n) is 11.5. The summed E-state index contributed by atoms with van der Waals surface area (Å²) in [4.78, 5) is 2.25. The molecule has 0 bridgehead atoms. The summed E-state index contributed by atoms with van der Waals surface area (Å²) in [6, 6.07) is 17.6. The Balaban J connectivity index is 1.78. The second-order valence-corrected chi connectivity index (χ2v) is 11.3. The molecule has 0 aliphatic carbocycles. The van der Waals surface area contributed by atoms with E-state index in [2.05, 4.69) is 10.0 Å². The van der Waals surface area contributed by atoms with Crippen molar-refractivity contribution >= 4 is 33.2 Å². The molecule has 0 aliphatic rings. The van der Waals surface area contributed by atoms with Crippen molar-refractivity contribution in [2.24, 2.45) is 5.11 Å². The van der Waals surface area contributed by atoms with Crippen molar-refractivity contribution in [1.29, 1.82) is 0 Å². The summed E-state index contributed by atoms with van der Waals surface area (Å²) >= 11 is 12.1. The van der Waals surface area contributed by atoms with E-state index < -0.39 is 32.3 Å². The predicted octanol–water partition coefficient (Wildman–Crippen LogP) is 7.97. The molecule has 0 saturated heterocycles. The quantitative estimate of drug-likeness (QED) is 0.112. The molecule has 0 unspecified atom stereocenters. The van der Waals surface area contributed by atoms with Crippen LogP contribution < -0.4 is 4.74 Å². The van der Waals surface area contributed by atoms with Crippen molar-refractivity contribution in [3.63, 3.8) is 0 Å². The van der Waals surface area contributed by atoms with Gasteiger partial charge in [0.25, 0.3) is 0 Å². The molecule has 4 aromatic carbocycles. The molecule has 0 heterocycles. The average Bonchev–Trinajstić information content (AvgIpc) is 2.91. The van der Waals surface area contributed by atoms with E-state index in [-0.39, 0.29) is 35.4 Å². The highest BCUT2D eigenvalue weighted by Gasteiger charge is 2.30. The summed E-state index contributed by atoms with van der Waals surface area (Å²) in [5, 5.41) is 13.8. The standard InChI is InChI=1S/C27H20Cl2F2N4O4S/c28-20-12-25(29)27(36)26(13-20)40(37,38)35(15-17-1-3-21(30)4-2-17)16-19-9-18(14-33-34-32)10-24(11-19)39-23-7-5-22(31)6-8-23/h1-13,36H,14-16H2. The summed E-state index contributed by atoms with van der Waals surface area (Å²) < 4.78 is 61.5. The molecule has 0 fully saturated rings. The number of nitrogens with zero attached hydrogens (tertiary/aromatic N) is 4. The molecule has 13 heteroatoms. The van der Waals surface area contributed by atoms with Crippen molar-refractivity contribution in [1.82, 2.24) is 4.31 Å². The first-order valence-corrected chi connectivity index (χ1v) is 13.7. The molecular weight excluding hydrogens is 585 g/mol. The Morgan fingerprint density at radius 3 is 2.10 bits per heavy atom. The van der Waals surface area contributed by atoms with Crippen molar-refractivity contribution in [3.8, 4) is 17.2 Å². The number of halogens is 4. The van der Waals surface area contributed by atoms with Crippen molar-refractivity contribution < 1.29 is 27.0 Å². The Kier molecular flexibility index (Phi) is 9.14. The van der Waals surface area contributed by atoms with E-state index in [1.54, 1.807) is 18.2 Å². The lowest BCUT2D eigenvalue weighted by Crippen LogP contribution is -2.30. The van der Waals surface area contributed by atoms with Gasteiger partial charge in [0.05, 0.1) is 11.6 Å². The monoisotopic (exact) mass is 604 g/mol. The molecule has 0 saturated carbocycles. The number of azide groups is 1. The highest BCUT2D eigenvalue weighted by atomic mass is 35.5. The summed E-state index contributed by atoms with van der Waals surface area (Å²) in [7, 11) is -4.43. The zero-order chi connectivity index (χ0) is 28.9. The predicted molar refractivity (Wildman–Crippen MR) is 147 cm³/mol. The Morgan fingerprint density at radius 2 is 1.45 bits per heavy atom. The van der Waals surface area contributed by atoms with Gasteiger partial charge in [-0.2, -0.15) is 4.31 Å². The number of benzene rings is 4. The highest BCUT2D eigenvalue weighted by Crippen LogP contribution is 2.37. The Labute approximate surface area is 238 Å². The first-order chi connectivity index (χ1) is 19.0. The van der Waals surface area contributed by atoms with Crippen LogP contribution in [0, 0.1) is 11.6 Å². The fraction of sp³-hybridized carbons (Fsp3) is 0.111. The molecule has 8 nitrogen and oxygen atoms in total. The van der Waals surface area contributed by atoms with Gasteiger partial charge in [-0.1, -0.05) is 46.5 Å². The van der Waals surface area contributed by atoms with Crippen LogP contribution in [0.25, 0.3) is 10.4 Å². The molecule has 4 aromatic rings. The number of ether oxygens (including phenoxy) is 1. The second-order valence-electron chi connectivity index (χ2n) is 8.56. The van der Waals surface area contributed by atoms with E-state index in [0.29, 0.717) is 22.4 Å². The van der Waals surface area contributed by atoms with Crippen LogP contribution in [0.2, 0.25) is 10.0 Å². The third kappa shape index (κ3) is 7.20. The lowest BCUT2D eigenvalue weighted by atomic mass is 10.1. The van der Waals surface area contributed by atoms with Gasteiger partial charge in [0.2, 0.25) is 10.0 Å². The van der Waals surface area contributed by atoms with Gasteiger partial charge < -0.3 is 9.84 Å².